The molecule has 5 N–H and O–H groups in total. The molecule has 0 aliphatic carbocycles. The molecule has 0 radical (unpaired) electrons. The van der Waals surface area contributed by atoms with E-state index in [0.717, 1.165) is 16.5 Å². The number of amides is 4. The van der Waals surface area contributed by atoms with Gasteiger partial charge in [0.05, 0.1) is 0 Å². The van der Waals surface area contributed by atoms with Crippen molar-refractivity contribution in [1.82, 2.24) is 36.2 Å². The van der Waals surface area contributed by atoms with Gasteiger partial charge in [-0.3, -0.25) is 24.2 Å². The first-order valence-electron chi connectivity index (χ1n) is 13.9. The van der Waals surface area contributed by atoms with Crippen molar-refractivity contribution in [3.05, 3.63) is 83.5 Å². The van der Waals surface area contributed by atoms with Gasteiger partial charge >= 0.3 is 0 Å². The molecule has 1 aromatic carbocycles. The summed E-state index contributed by atoms with van der Waals surface area (Å²) in [5, 5.41) is 12.3. The predicted molar refractivity (Wildman–Crippen MR) is 153 cm³/mol. The molecule has 4 amide bonds. The zero-order valence-electron chi connectivity index (χ0n) is 23.4. The van der Waals surface area contributed by atoms with E-state index in [9.17, 15) is 19.2 Å². The van der Waals surface area contributed by atoms with Gasteiger partial charge in [-0.2, -0.15) is 0 Å². The smallest absolute Gasteiger partial charge is 0.273 e. The van der Waals surface area contributed by atoms with E-state index in [0.29, 0.717) is 37.1 Å². The molecule has 4 heterocycles. The van der Waals surface area contributed by atoms with Crippen molar-refractivity contribution in [2.45, 2.75) is 57.7 Å². The Morgan fingerprint density at radius 3 is 2.64 bits per heavy atom. The van der Waals surface area contributed by atoms with Crippen molar-refractivity contribution in [1.29, 1.82) is 0 Å². The molecule has 1 aliphatic rings. The molecule has 12 nitrogen and oxygen atoms in total. The standard InChI is InChI=1S/C30H33N7O5/c1-17-30-37-25(18(2)42-30)29(41)32-12-6-5-9-23(35-26(38)19-10-13-31-14-11-19)27(39)36-24(28(40)34-17)15-20-16-33-22-8-4-3-7-21(20)22/h3-4,7-8,10-11,13-14,16-17,23-24,33H,5-6,9,12,15H2,1-2H3,(H,32,41)(H,34,40)(H,35,38)(H,36,39)/t17-,23+,24-/m1/s1. The van der Waals surface area contributed by atoms with Crippen LogP contribution in [0.1, 0.15) is 70.3 Å². The maximum absolute atomic E-state index is 13.7. The van der Waals surface area contributed by atoms with Gasteiger partial charge in [-0.25, -0.2) is 4.98 Å². The van der Waals surface area contributed by atoms with Gasteiger partial charge in [-0.1, -0.05) is 18.2 Å². The number of para-hydroxylation sites is 1. The van der Waals surface area contributed by atoms with Gasteiger partial charge < -0.3 is 30.7 Å². The zero-order valence-corrected chi connectivity index (χ0v) is 23.4. The Bertz CT molecular complexity index is 1600. The highest BCUT2D eigenvalue weighted by Gasteiger charge is 2.30. The van der Waals surface area contributed by atoms with Crippen molar-refractivity contribution in [2.75, 3.05) is 6.54 Å². The Balaban J connectivity index is 1.44. The first-order valence-corrected chi connectivity index (χ1v) is 13.9. The highest BCUT2D eigenvalue weighted by atomic mass is 16.4. The number of benzene rings is 1. The third-order valence-electron chi connectivity index (χ3n) is 7.26. The summed E-state index contributed by atoms with van der Waals surface area (Å²) in [4.78, 5) is 64.5. The summed E-state index contributed by atoms with van der Waals surface area (Å²) in [5.74, 6) is -1.25. The predicted octanol–water partition coefficient (Wildman–Crippen LogP) is 2.48. The first-order chi connectivity index (χ1) is 20.3. The third-order valence-corrected chi connectivity index (χ3v) is 7.26. The largest absolute Gasteiger partial charge is 0.443 e. The number of aromatic nitrogens is 3. The molecule has 3 aromatic heterocycles. The molecule has 0 spiro atoms. The second kappa shape index (κ2) is 12.7. The number of H-pyrrole nitrogens is 1. The average Bonchev–Trinajstić information content (AvgIpc) is 3.59. The highest BCUT2D eigenvalue weighted by molar-refractivity contribution is 5.98. The van der Waals surface area contributed by atoms with Crippen LogP contribution in [0, 0.1) is 6.92 Å². The minimum Gasteiger partial charge on any atom is -0.443 e. The van der Waals surface area contributed by atoms with E-state index in [1.807, 2.05) is 30.5 Å². The molecule has 0 saturated heterocycles. The molecule has 12 heteroatoms. The maximum atomic E-state index is 13.7. The van der Waals surface area contributed by atoms with Gasteiger partial charge in [0.2, 0.25) is 17.7 Å². The molecule has 5 rings (SSSR count). The highest BCUT2D eigenvalue weighted by Crippen LogP contribution is 2.21. The number of carbonyl (C=O) groups is 4. The van der Waals surface area contributed by atoms with E-state index in [1.54, 1.807) is 26.0 Å². The number of oxazole rings is 1. The second-order valence-electron chi connectivity index (χ2n) is 10.3. The van der Waals surface area contributed by atoms with Crippen LogP contribution in [-0.2, 0) is 16.0 Å². The summed E-state index contributed by atoms with van der Waals surface area (Å²) in [5.41, 5.74) is 2.27. The summed E-state index contributed by atoms with van der Waals surface area (Å²) < 4.78 is 5.71. The lowest BCUT2D eigenvalue weighted by Crippen LogP contribution is -2.54. The quantitative estimate of drug-likeness (QED) is 0.250. The van der Waals surface area contributed by atoms with Crippen LogP contribution in [0.5, 0.6) is 0 Å². The number of hydrogen-bond acceptors (Lipinski definition) is 7. The van der Waals surface area contributed by atoms with Gasteiger partial charge in [-0.05, 0) is 56.9 Å². The van der Waals surface area contributed by atoms with Crippen LogP contribution in [0.15, 0.2) is 59.4 Å². The average molecular weight is 572 g/mol. The summed E-state index contributed by atoms with van der Waals surface area (Å²) in [6, 6.07) is 8.23. The lowest BCUT2D eigenvalue weighted by Gasteiger charge is -2.24. The van der Waals surface area contributed by atoms with Gasteiger partial charge in [0, 0.05) is 48.0 Å². The Hall–Kier alpha value is -5.00. The molecule has 0 unspecified atom stereocenters. The molecular weight excluding hydrogens is 538 g/mol. The molecular formula is C30H33N7O5. The van der Waals surface area contributed by atoms with E-state index in [1.165, 1.54) is 12.4 Å². The number of carbonyl (C=O) groups excluding carboxylic acids is 4. The minimum atomic E-state index is -0.980. The minimum absolute atomic E-state index is 0.157. The van der Waals surface area contributed by atoms with Crippen molar-refractivity contribution < 1.29 is 23.6 Å². The number of rotatable bonds is 4. The van der Waals surface area contributed by atoms with Gasteiger partial charge in [-0.15, -0.1) is 0 Å². The SMILES string of the molecule is Cc1oc2nc1C(=O)NCCCC[C@H](NC(=O)c1ccncc1)C(=O)N[C@H](Cc1c[nH]c3ccccc13)C(=O)N[C@@H]2C. The summed E-state index contributed by atoms with van der Waals surface area (Å²) >= 11 is 0. The van der Waals surface area contributed by atoms with Crippen LogP contribution < -0.4 is 21.3 Å². The topological polar surface area (TPSA) is 171 Å². The monoisotopic (exact) mass is 571 g/mol. The van der Waals surface area contributed by atoms with Crippen molar-refractivity contribution in [2.24, 2.45) is 0 Å². The molecule has 42 heavy (non-hydrogen) atoms. The summed E-state index contributed by atoms with van der Waals surface area (Å²) in [6.45, 7) is 3.68. The Morgan fingerprint density at radius 1 is 1.05 bits per heavy atom. The molecule has 4 aromatic rings. The van der Waals surface area contributed by atoms with Crippen molar-refractivity contribution in [3.63, 3.8) is 0 Å². The van der Waals surface area contributed by atoms with E-state index in [-0.39, 0.29) is 23.9 Å². The summed E-state index contributed by atoms with van der Waals surface area (Å²) in [7, 11) is 0. The van der Waals surface area contributed by atoms with Gasteiger partial charge in [0.15, 0.2) is 5.69 Å². The fourth-order valence-corrected chi connectivity index (χ4v) is 4.96. The normalized spacial score (nSPS) is 20.4. The van der Waals surface area contributed by atoms with Crippen LogP contribution in [0.2, 0.25) is 0 Å². The van der Waals surface area contributed by atoms with Crippen LogP contribution in [0.3, 0.4) is 0 Å². The zero-order chi connectivity index (χ0) is 29.6. The number of fused-ring (bicyclic) bond motifs is 3. The third kappa shape index (κ3) is 6.48. The number of pyridine rings is 1. The number of aryl methyl sites for hydroxylation is 1. The van der Waals surface area contributed by atoms with Crippen molar-refractivity contribution >= 4 is 34.5 Å². The van der Waals surface area contributed by atoms with Gasteiger partial charge in [0.25, 0.3) is 11.8 Å². The van der Waals surface area contributed by atoms with Crippen LogP contribution in [0.4, 0.5) is 0 Å². The molecule has 0 fully saturated rings. The van der Waals surface area contributed by atoms with E-state index < -0.39 is 35.8 Å². The van der Waals surface area contributed by atoms with Crippen LogP contribution in [0.25, 0.3) is 10.9 Å². The molecule has 218 valence electrons. The molecule has 1 aliphatic heterocycles. The molecule has 2 bridgehead atoms. The maximum Gasteiger partial charge on any atom is 0.273 e. The fourth-order valence-electron chi connectivity index (χ4n) is 4.96. The Morgan fingerprint density at radius 2 is 1.83 bits per heavy atom. The molecule has 3 atom stereocenters. The lowest BCUT2D eigenvalue weighted by atomic mass is 10.0. The second-order valence-corrected chi connectivity index (χ2v) is 10.3. The number of nitrogens with one attached hydrogen (secondary N) is 5. The number of nitrogens with zero attached hydrogens (tertiary/aromatic N) is 2. The Kier molecular flexibility index (Phi) is 8.60. The van der Waals surface area contributed by atoms with E-state index in [4.69, 9.17) is 4.42 Å². The lowest BCUT2D eigenvalue weighted by molar-refractivity contribution is -0.130. The van der Waals surface area contributed by atoms with Crippen LogP contribution in [-0.4, -0.2) is 57.2 Å². The number of aromatic amines is 1. The van der Waals surface area contributed by atoms with Crippen molar-refractivity contribution in [3.8, 4) is 0 Å². The van der Waals surface area contributed by atoms with Crippen LogP contribution >= 0.6 is 0 Å². The Labute approximate surface area is 242 Å². The fraction of sp³-hybridized carbons (Fsp3) is 0.333. The first kappa shape index (κ1) is 28.5. The molecule has 0 saturated carbocycles. The van der Waals surface area contributed by atoms with E-state index in [2.05, 4.69) is 36.2 Å². The summed E-state index contributed by atoms with van der Waals surface area (Å²) in [6.07, 6.45) is 6.38. The van der Waals surface area contributed by atoms with E-state index >= 15 is 0 Å². The number of hydrogen-bond donors (Lipinski definition) is 5. The van der Waals surface area contributed by atoms with Gasteiger partial charge in [0.1, 0.15) is 23.9 Å².